The third-order valence-electron chi connectivity index (χ3n) is 6.71. The first-order valence-corrected chi connectivity index (χ1v) is 13.9. The number of methoxy groups -OCH3 is 1. The van der Waals surface area contributed by atoms with Gasteiger partial charge in [-0.3, -0.25) is 19.5 Å². The standard InChI is InChI=1S/C31H27N3O7S/c1-4-40-30(36)27-19(2)32-31-33(28(27)21-11-15-23(39-3)16-12-21)29(35)26(42-31)17-20-9-13-24(14-10-20)41-18-22-7-5-6-8-25(22)34(37)38/h5-17,28H,4,18H2,1-3H3/b26-17-. The SMILES string of the molecule is CCOC(=O)C1=C(C)N=c2s/c(=C\c3ccc(OCc4ccccc4[N+](=O)[O-])cc3)c(=O)n2C1c1ccc(OC)cc1. The van der Waals surface area contributed by atoms with Crippen LogP contribution in [0.5, 0.6) is 11.5 Å². The lowest BCUT2D eigenvalue weighted by Gasteiger charge is -2.24. The normalized spacial score (nSPS) is 14.6. The lowest BCUT2D eigenvalue weighted by atomic mass is 9.96. The summed E-state index contributed by atoms with van der Waals surface area (Å²) in [7, 11) is 1.57. The van der Waals surface area contributed by atoms with Crippen LogP contribution in [0.2, 0.25) is 0 Å². The molecule has 0 saturated heterocycles. The Morgan fingerprint density at radius 1 is 1.07 bits per heavy atom. The molecule has 214 valence electrons. The van der Waals surface area contributed by atoms with Crippen molar-refractivity contribution in [1.82, 2.24) is 4.57 Å². The molecule has 1 aliphatic rings. The summed E-state index contributed by atoms with van der Waals surface area (Å²) in [5.74, 6) is 0.658. The first-order chi connectivity index (χ1) is 20.3. The lowest BCUT2D eigenvalue weighted by molar-refractivity contribution is -0.385. The number of hydrogen-bond donors (Lipinski definition) is 0. The number of hydrogen-bond acceptors (Lipinski definition) is 9. The Morgan fingerprint density at radius 3 is 2.43 bits per heavy atom. The molecule has 1 aliphatic heterocycles. The zero-order chi connectivity index (χ0) is 29.8. The fourth-order valence-corrected chi connectivity index (χ4v) is 5.72. The van der Waals surface area contributed by atoms with Crippen LogP contribution in [0.4, 0.5) is 5.69 Å². The summed E-state index contributed by atoms with van der Waals surface area (Å²) in [4.78, 5) is 42.7. The first-order valence-electron chi connectivity index (χ1n) is 13.1. The second kappa shape index (κ2) is 12.2. The molecule has 5 rings (SSSR count). The van der Waals surface area contributed by atoms with Gasteiger partial charge < -0.3 is 14.2 Å². The number of thiazole rings is 1. The molecule has 0 spiro atoms. The molecule has 0 amide bonds. The number of ether oxygens (including phenoxy) is 3. The Balaban J connectivity index is 1.48. The van der Waals surface area contributed by atoms with Gasteiger partial charge >= 0.3 is 5.97 Å². The fourth-order valence-electron chi connectivity index (χ4n) is 4.68. The average Bonchev–Trinajstić information content (AvgIpc) is 3.30. The van der Waals surface area contributed by atoms with Crippen LogP contribution in [-0.2, 0) is 16.1 Å². The van der Waals surface area contributed by atoms with Gasteiger partial charge in [0.05, 0.1) is 46.0 Å². The van der Waals surface area contributed by atoms with E-state index in [9.17, 15) is 19.7 Å². The molecule has 1 atom stereocenters. The Hall–Kier alpha value is -5.03. The molecule has 0 saturated carbocycles. The summed E-state index contributed by atoms with van der Waals surface area (Å²) in [5.41, 5.74) is 2.45. The predicted octanol–water partition coefficient (Wildman–Crippen LogP) is 4.29. The van der Waals surface area contributed by atoms with E-state index >= 15 is 0 Å². The van der Waals surface area contributed by atoms with Gasteiger partial charge in [0.2, 0.25) is 0 Å². The number of carbonyl (C=O) groups is 1. The molecule has 0 N–H and O–H groups in total. The van der Waals surface area contributed by atoms with Gasteiger partial charge in [0.25, 0.3) is 11.2 Å². The summed E-state index contributed by atoms with van der Waals surface area (Å²) in [5, 5.41) is 11.3. The van der Waals surface area contributed by atoms with Gasteiger partial charge in [-0.1, -0.05) is 47.7 Å². The second-order valence-electron chi connectivity index (χ2n) is 9.32. The quantitative estimate of drug-likeness (QED) is 0.163. The average molecular weight is 586 g/mol. The number of allylic oxidation sites excluding steroid dienone is 1. The molecular weight excluding hydrogens is 558 g/mol. The van der Waals surface area contributed by atoms with E-state index in [4.69, 9.17) is 14.2 Å². The van der Waals surface area contributed by atoms with Crippen molar-refractivity contribution in [1.29, 1.82) is 0 Å². The molecule has 4 aromatic rings. The summed E-state index contributed by atoms with van der Waals surface area (Å²) in [6.45, 7) is 3.70. The van der Waals surface area contributed by atoms with Crippen molar-refractivity contribution in [2.75, 3.05) is 13.7 Å². The molecule has 0 fully saturated rings. The molecule has 0 aliphatic carbocycles. The molecule has 11 heteroatoms. The summed E-state index contributed by atoms with van der Waals surface area (Å²) >= 11 is 1.23. The second-order valence-corrected chi connectivity index (χ2v) is 10.3. The van der Waals surface area contributed by atoms with Gasteiger partial charge in [-0.05, 0) is 61.4 Å². The largest absolute Gasteiger partial charge is 0.497 e. The fraction of sp³-hybridized carbons (Fsp3) is 0.194. The number of nitro groups is 1. The highest BCUT2D eigenvalue weighted by molar-refractivity contribution is 7.07. The number of aromatic nitrogens is 1. The van der Waals surface area contributed by atoms with Gasteiger partial charge in [0, 0.05) is 6.07 Å². The third kappa shape index (κ3) is 5.72. The summed E-state index contributed by atoms with van der Waals surface area (Å²) in [6.07, 6.45) is 1.75. The molecule has 2 heterocycles. The molecule has 42 heavy (non-hydrogen) atoms. The van der Waals surface area contributed by atoms with E-state index in [-0.39, 0.29) is 24.5 Å². The summed E-state index contributed by atoms with van der Waals surface area (Å²) in [6, 6.07) is 20.0. The van der Waals surface area contributed by atoms with Gasteiger partial charge in [-0.15, -0.1) is 0 Å². The zero-order valence-corrected chi connectivity index (χ0v) is 23.9. The van der Waals surface area contributed by atoms with Crippen LogP contribution in [0.1, 0.15) is 36.6 Å². The number of benzene rings is 3. The molecule has 0 bridgehead atoms. The molecule has 0 radical (unpaired) electrons. The molecule has 1 unspecified atom stereocenters. The number of rotatable bonds is 9. The van der Waals surface area contributed by atoms with E-state index in [1.807, 2.05) is 12.1 Å². The van der Waals surface area contributed by atoms with Crippen molar-refractivity contribution < 1.29 is 23.9 Å². The van der Waals surface area contributed by atoms with Crippen molar-refractivity contribution in [2.45, 2.75) is 26.5 Å². The summed E-state index contributed by atoms with van der Waals surface area (Å²) < 4.78 is 18.4. The van der Waals surface area contributed by atoms with Crippen molar-refractivity contribution in [3.05, 3.63) is 131 Å². The van der Waals surface area contributed by atoms with Crippen LogP contribution in [0.25, 0.3) is 6.08 Å². The molecule has 1 aromatic heterocycles. The highest BCUT2D eigenvalue weighted by Crippen LogP contribution is 2.31. The highest BCUT2D eigenvalue weighted by Gasteiger charge is 2.33. The Morgan fingerprint density at radius 2 is 1.76 bits per heavy atom. The maximum atomic E-state index is 13.8. The van der Waals surface area contributed by atoms with E-state index in [0.29, 0.717) is 37.7 Å². The van der Waals surface area contributed by atoms with Crippen LogP contribution >= 0.6 is 11.3 Å². The Bertz CT molecular complexity index is 1860. The maximum absolute atomic E-state index is 13.8. The van der Waals surface area contributed by atoms with Crippen molar-refractivity contribution in [3.63, 3.8) is 0 Å². The minimum Gasteiger partial charge on any atom is -0.497 e. The van der Waals surface area contributed by atoms with Crippen LogP contribution < -0.4 is 24.4 Å². The van der Waals surface area contributed by atoms with Gasteiger partial charge in [0.1, 0.15) is 18.1 Å². The number of fused-ring (bicyclic) bond motifs is 1. The van der Waals surface area contributed by atoms with Gasteiger partial charge in [-0.25, -0.2) is 9.79 Å². The van der Waals surface area contributed by atoms with Crippen LogP contribution in [0, 0.1) is 10.1 Å². The molecular formula is C31H27N3O7S. The van der Waals surface area contributed by atoms with E-state index in [1.54, 1.807) is 81.6 Å². The number of carbonyl (C=O) groups excluding carboxylic acids is 1. The van der Waals surface area contributed by atoms with Crippen LogP contribution in [0.3, 0.4) is 0 Å². The van der Waals surface area contributed by atoms with Gasteiger partial charge in [0.15, 0.2) is 4.80 Å². The topological polar surface area (TPSA) is 122 Å². The minimum absolute atomic E-state index is 0.00112. The van der Waals surface area contributed by atoms with E-state index in [1.165, 1.54) is 22.0 Å². The Labute approximate surface area is 244 Å². The smallest absolute Gasteiger partial charge is 0.338 e. The highest BCUT2D eigenvalue weighted by atomic mass is 32.1. The van der Waals surface area contributed by atoms with Crippen LogP contribution in [-0.4, -0.2) is 29.2 Å². The minimum atomic E-state index is -0.717. The lowest BCUT2D eigenvalue weighted by Crippen LogP contribution is -2.39. The molecule has 10 nitrogen and oxygen atoms in total. The Kier molecular flexibility index (Phi) is 8.30. The number of esters is 1. The van der Waals surface area contributed by atoms with E-state index < -0.39 is 16.9 Å². The molecule has 3 aromatic carbocycles. The van der Waals surface area contributed by atoms with Crippen molar-refractivity contribution >= 4 is 29.1 Å². The first kappa shape index (κ1) is 28.5. The number of para-hydroxylation sites is 1. The van der Waals surface area contributed by atoms with E-state index in [0.717, 1.165) is 11.1 Å². The third-order valence-corrected chi connectivity index (χ3v) is 7.69. The maximum Gasteiger partial charge on any atom is 0.338 e. The van der Waals surface area contributed by atoms with E-state index in [2.05, 4.69) is 4.99 Å². The zero-order valence-electron chi connectivity index (χ0n) is 23.1. The monoisotopic (exact) mass is 585 g/mol. The van der Waals surface area contributed by atoms with Crippen molar-refractivity contribution in [2.24, 2.45) is 4.99 Å². The van der Waals surface area contributed by atoms with Crippen molar-refractivity contribution in [3.8, 4) is 11.5 Å². The number of nitrogens with zero attached hydrogens (tertiary/aromatic N) is 3. The predicted molar refractivity (Wildman–Crippen MR) is 157 cm³/mol. The number of nitro benzene ring substituents is 1. The van der Waals surface area contributed by atoms with Gasteiger partial charge in [-0.2, -0.15) is 0 Å². The van der Waals surface area contributed by atoms with Crippen LogP contribution in [0.15, 0.2) is 93.9 Å².